The first-order valence-electron chi connectivity index (χ1n) is 6.92. The van der Waals surface area contributed by atoms with E-state index in [4.69, 9.17) is 4.98 Å². The fraction of sp³-hybridized carbons (Fsp3) is 0.235. The molecule has 0 aliphatic carbocycles. The lowest BCUT2D eigenvalue weighted by atomic mass is 10.0. The minimum atomic E-state index is 0.177. The number of nitrogens with zero attached hydrogens (tertiary/aromatic N) is 1. The number of fused-ring (bicyclic) bond motifs is 1. The Kier molecular flexibility index (Phi) is 3.81. The van der Waals surface area contributed by atoms with Gasteiger partial charge in [0.05, 0.1) is 17.3 Å². The van der Waals surface area contributed by atoms with Crippen LogP contribution in [0.5, 0.6) is 0 Å². The summed E-state index contributed by atoms with van der Waals surface area (Å²) in [5, 5.41) is 6.89. The van der Waals surface area contributed by atoms with Gasteiger partial charge >= 0.3 is 0 Å². The van der Waals surface area contributed by atoms with Gasteiger partial charge in [0.1, 0.15) is 0 Å². The van der Waals surface area contributed by atoms with E-state index in [-0.39, 0.29) is 6.04 Å². The van der Waals surface area contributed by atoms with E-state index < -0.39 is 0 Å². The van der Waals surface area contributed by atoms with E-state index in [1.54, 1.807) is 11.3 Å². The molecule has 1 atom stereocenters. The molecule has 2 heterocycles. The summed E-state index contributed by atoms with van der Waals surface area (Å²) in [5.74, 6) is 0. The minimum Gasteiger partial charge on any atom is -0.305 e. The number of nitrogens with one attached hydrogen (secondary N) is 1. The normalized spacial score (nSPS) is 12.7. The van der Waals surface area contributed by atoms with Crippen molar-refractivity contribution in [3.63, 3.8) is 0 Å². The second kappa shape index (κ2) is 5.73. The molecule has 3 heteroatoms. The second-order valence-corrected chi connectivity index (χ2v) is 5.97. The number of thiophene rings is 1. The lowest BCUT2D eigenvalue weighted by Crippen LogP contribution is -2.23. The van der Waals surface area contributed by atoms with Crippen LogP contribution in [0.2, 0.25) is 0 Å². The lowest BCUT2D eigenvalue weighted by Gasteiger charge is -2.18. The third-order valence-electron chi connectivity index (χ3n) is 3.53. The molecule has 20 heavy (non-hydrogen) atoms. The molecule has 0 saturated heterocycles. The number of pyridine rings is 1. The highest BCUT2D eigenvalue weighted by Crippen LogP contribution is 2.28. The van der Waals surface area contributed by atoms with Crippen molar-refractivity contribution in [1.29, 1.82) is 0 Å². The predicted molar refractivity (Wildman–Crippen MR) is 86.3 cm³/mol. The standard InChI is InChI=1S/C17H18N2S/c1-3-18-17(14-10-11-20-12(14)2)16-9-8-13-6-4-5-7-15(13)19-16/h4-11,17-18H,3H2,1-2H3. The summed E-state index contributed by atoms with van der Waals surface area (Å²) in [7, 11) is 0. The molecule has 3 aromatic rings. The average Bonchev–Trinajstić information content (AvgIpc) is 2.90. The molecule has 1 N–H and O–H groups in total. The van der Waals surface area contributed by atoms with E-state index >= 15 is 0 Å². The largest absolute Gasteiger partial charge is 0.305 e. The van der Waals surface area contributed by atoms with Gasteiger partial charge in [-0.25, -0.2) is 0 Å². The van der Waals surface area contributed by atoms with Crippen molar-refractivity contribution in [1.82, 2.24) is 10.3 Å². The van der Waals surface area contributed by atoms with E-state index in [0.29, 0.717) is 0 Å². The van der Waals surface area contributed by atoms with Gasteiger partial charge in [-0.15, -0.1) is 11.3 Å². The Morgan fingerprint density at radius 3 is 2.75 bits per heavy atom. The minimum absolute atomic E-state index is 0.177. The highest BCUT2D eigenvalue weighted by atomic mass is 32.1. The maximum absolute atomic E-state index is 4.83. The van der Waals surface area contributed by atoms with Crippen LogP contribution in [-0.2, 0) is 0 Å². The van der Waals surface area contributed by atoms with Gasteiger partial charge in [0.2, 0.25) is 0 Å². The van der Waals surface area contributed by atoms with E-state index in [2.05, 4.69) is 60.9 Å². The number of para-hydroxylation sites is 1. The Hall–Kier alpha value is -1.71. The van der Waals surface area contributed by atoms with Gasteiger partial charge in [0, 0.05) is 10.3 Å². The van der Waals surface area contributed by atoms with E-state index in [9.17, 15) is 0 Å². The van der Waals surface area contributed by atoms with Crippen LogP contribution in [0.4, 0.5) is 0 Å². The molecule has 0 radical (unpaired) electrons. The molecule has 0 spiro atoms. The molecule has 102 valence electrons. The van der Waals surface area contributed by atoms with Gasteiger partial charge in [-0.3, -0.25) is 4.98 Å². The van der Waals surface area contributed by atoms with Crippen LogP contribution in [-0.4, -0.2) is 11.5 Å². The Morgan fingerprint density at radius 2 is 2.00 bits per heavy atom. The first-order valence-corrected chi connectivity index (χ1v) is 7.80. The Bertz CT molecular complexity index is 718. The number of benzene rings is 1. The summed E-state index contributed by atoms with van der Waals surface area (Å²) in [6.07, 6.45) is 0. The maximum atomic E-state index is 4.83. The Balaban J connectivity index is 2.07. The quantitative estimate of drug-likeness (QED) is 0.771. The topological polar surface area (TPSA) is 24.9 Å². The van der Waals surface area contributed by atoms with Gasteiger partial charge < -0.3 is 5.32 Å². The van der Waals surface area contributed by atoms with Gasteiger partial charge in [-0.2, -0.15) is 0 Å². The molecular formula is C17H18N2S. The summed E-state index contributed by atoms with van der Waals surface area (Å²) in [6, 6.07) is 14.9. The highest BCUT2D eigenvalue weighted by molar-refractivity contribution is 7.10. The van der Waals surface area contributed by atoms with Crippen molar-refractivity contribution >= 4 is 22.2 Å². The molecular weight excluding hydrogens is 264 g/mol. The molecule has 0 fully saturated rings. The Labute approximate surface area is 123 Å². The van der Waals surface area contributed by atoms with E-state index in [1.807, 2.05) is 6.07 Å². The molecule has 0 aliphatic heterocycles. The molecule has 0 saturated carbocycles. The monoisotopic (exact) mass is 282 g/mol. The lowest BCUT2D eigenvalue weighted by molar-refractivity contribution is 0.617. The molecule has 2 nitrogen and oxygen atoms in total. The molecule has 1 unspecified atom stereocenters. The first-order chi connectivity index (χ1) is 9.79. The van der Waals surface area contributed by atoms with Crippen molar-refractivity contribution in [2.45, 2.75) is 19.9 Å². The third-order valence-corrected chi connectivity index (χ3v) is 4.40. The fourth-order valence-corrected chi connectivity index (χ4v) is 3.26. The van der Waals surface area contributed by atoms with Crippen LogP contribution >= 0.6 is 11.3 Å². The van der Waals surface area contributed by atoms with Gasteiger partial charge in [-0.1, -0.05) is 31.2 Å². The highest BCUT2D eigenvalue weighted by Gasteiger charge is 2.17. The molecule has 1 aromatic carbocycles. The van der Waals surface area contributed by atoms with Crippen molar-refractivity contribution in [2.75, 3.05) is 6.54 Å². The Morgan fingerprint density at radius 1 is 1.15 bits per heavy atom. The van der Waals surface area contributed by atoms with Crippen molar-refractivity contribution in [3.8, 4) is 0 Å². The maximum Gasteiger partial charge on any atom is 0.0762 e. The van der Waals surface area contributed by atoms with Crippen LogP contribution < -0.4 is 5.32 Å². The zero-order chi connectivity index (χ0) is 13.9. The SMILES string of the molecule is CCNC(c1ccc2ccccc2n1)c1ccsc1C. The fourth-order valence-electron chi connectivity index (χ4n) is 2.51. The summed E-state index contributed by atoms with van der Waals surface area (Å²) >= 11 is 1.79. The third kappa shape index (κ3) is 2.47. The van der Waals surface area contributed by atoms with Crippen LogP contribution in [0.3, 0.4) is 0 Å². The zero-order valence-corrected chi connectivity index (χ0v) is 12.6. The molecule has 0 bridgehead atoms. The van der Waals surface area contributed by atoms with Crippen molar-refractivity contribution in [2.24, 2.45) is 0 Å². The summed E-state index contributed by atoms with van der Waals surface area (Å²) in [4.78, 5) is 6.19. The van der Waals surface area contributed by atoms with Gasteiger partial charge in [0.15, 0.2) is 0 Å². The average molecular weight is 282 g/mol. The van der Waals surface area contributed by atoms with E-state index in [0.717, 1.165) is 17.8 Å². The molecule has 0 amide bonds. The summed E-state index contributed by atoms with van der Waals surface area (Å²) in [5.41, 5.74) is 3.48. The van der Waals surface area contributed by atoms with Crippen LogP contribution in [0.1, 0.15) is 29.1 Å². The number of aryl methyl sites for hydroxylation is 1. The second-order valence-electron chi connectivity index (χ2n) is 4.85. The van der Waals surface area contributed by atoms with Gasteiger partial charge in [-0.05, 0) is 42.6 Å². The van der Waals surface area contributed by atoms with Crippen molar-refractivity contribution < 1.29 is 0 Å². The van der Waals surface area contributed by atoms with Crippen LogP contribution in [0.15, 0.2) is 47.8 Å². The summed E-state index contributed by atoms with van der Waals surface area (Å²) < 4.78 is 0. The molecule has 2 aromatic heterocycles. The zero-order valence-electron chi connectivity index (χ0n) is 11.8. The molecule has 3 rings (SSSR count). The summed E-state index contributed by atoms with van der Waals surface area (Å²) in [6.45, 7) is 5.23. The first kappa shape index (κ1) is 13.3. The number of hydrogen-bond donors (Lipinski definition) is 1. The number of rotatable bonds is 4. The predicted octanol–water partition coefficient (Wildman–Crippen LogP) is 4.30. The number of hydrogen-bond acceptors (Lipinski definition) is 3. The van der Waals surface area contributed by atoms with E-state index in [1.165, 1.54) is 15.8 Å². The van der Waals surface area contributed by atoms with Crippen LogP contribution in [0, 0.1) is 6.92 Å². The van der Waals surface area contributed by atoms with Crippen molar-refractivity contribution in [3.05, 3.63) is 64.0 Å². The van der Waals surface area contributed by atoms with Gasteiger partial charge in [0.25, 0.3) is 0 Å². The smallest absolute Gasteiger partial charge is 0.0762 e. The van der Waals surface area contributed by atoms with Crippen LogP contribution in [0.25, 0.3) is 10.9 Å². The molecule has 0 aliphatic rings. The number of aromatic nitrogens is 1.